The van der Waals surface area contributed by atoms with Crippen molar-refractivity contribution in [1.82, 2.24) is 5.32 Å². The number of aliphatic carboxylic acids is 1. The molecule has 1 heterocycles. The number of carboxylic acids is 1. The molecular weight excluding hydrogens is 477 g/mol. The van der Waals surface area contributed by atoms with Gasteiger partial charge in [0.05, 0.1) is 11.6 Å². The molecule has 3 aromatic rings. The van der Waals surface area contributed by atoms with Crippen LogP contribution in [0.25, 0.3) is 0 Å². The smallest absolute Gasteiger partial charge is 0.549 e. The second kappa shape index (κ2) is 13.0. The fourth-order valence-corrected chi connectivity index (χ4v) is 4.13. The van der Waals surface area contributed by atoms with Crippen LogP contribution in [0.3, 0.4) is 0 Å². The molecule has 0 aromatic heterocycles. The van der Waals surface area contributed by atoms with Gasteiger partial charge in [-0.3, -0.25) is 4.79 Å². The van der Waals surface area contributed by atoms with Gasteiger partial charge in [-0.25, -0.2) is 0 Å². The van der Waals surface area contributed by atoms with Gasteiger partial charge >= 0.3 is 29.6 Å². The van der Waals surface area contributed by atoms with Crippen LogP contribution in [0.4, 0.5) is 0 Å². The first-order valence-corrected chi connectivity index (χ1v) is 11.7. The summed E-state index contributed by atoms with van der Waals surface area (Å²) in [4.78, 5) is 23.8. The molecular formula is C27H25ClNNaO5. The first-order chi connectivity index (χ1) is 16.5. The Kier molecular flexibility index (Phi) is 10.0. The molecule has 0 fully saturated rings. The summed E-state index contributed by atoms with van der Waals surface area (Å²) in [5.41, 5.74) is 2.32. The van der Waals surface area contributed by atoms with Crippen LogP contribution in [0.5, 0.6) is 17.2 Å². The Labute approximate surface area is 231 Å². The minimum atomic E-state index is -1.15. The van der Waals surface area contributed by atoms with Crippen LogP contribution in [0.1, 0.15) is 46.7 Å². The summed E-state index contributed by atoms with van der Waals surface area (Å²) in [6, 6.07) is 20.2. The summed E-state index contributed by atoms with van der Waals surface area (Å²) in [7, 11) is 0. The number of aryl methyl sites for hydroxylation is 1. The van der Waals surface area contributed by atoms with Gasteiger partial charge < -0.3 is 24.7 Å². The third-order valence-corrected chi connectivity index (χ3v) is 6.05. The maximum absolute atomic E-state index is 12.4. The van der Waals surface area contributed by atoms with E-state index in [0.29, 0.717) is 41.3 Å². The molecule has 1 unspecified atom stereocenters. The molecule has 0 saturated carbocycles. The van der Waals surface area contributed by atoms with Crippen molar-refractivity contribution in [2.24, 2.45) is 0 Å². The number of halogens is 1. The number of carbonyl (C=O) groups is 2. The number of carboxylic acid groups (broad SMARTS) is 1. The van der Waals surface area contributed by atoms with Gasteiger partial charge in [0.15, 0.2) is 0 Å². The summed E-state index contributed by atoms with van der Waals surface area (Å²) in [5, 5.41) is 14.6. The molecule has 1 amide bonds. The van der Waals surface area contributed by atoms with Gasteiger partial charge in [0.2, 0.25) is 0 Å². The van der Waals surface area contributed by atoms with E-state index in [-0.39, 0.29) is 47.1 Å². The molecule has 0 aliphatic carbocycles. The molecule has 0 bridgehead atoms. The molecule has 8 heteroatoms. The number of amides is 1. The van der Waals surface area contributed by atoms with Gasteiger partial charge in [0.1, 0.15) is 17.2 Å². The van der Waals surface area contributed by atoms with Crippen LogP contribution in [0, 0.1) is 0 Å². The molecule has 0 spiro atoms. The third kappa shape index (κ3) is 7.24. The summed E-state index contributed by atoms with van der Waals surface area (Å²) < 4.78 is 11.4. The molecule has 1 atom stereocenters. The number of fused-ring (bicyclic) bond motifs is 1. The standard InChI is InChI=1S/C27H26ClNO5.Na/c28-23-16-22-21(27(31)32)13-15-33-24(22)17-25(23)34-20-11-9-19(10-12-20)26(30)29-14-5-4-8-18-6-2-1-3-7-18;/h1-3,6-7,9-12,16-17,21H,4-5,8,13-15H2,(H,29,30)(H,31,32);/q;+1/p-1. The minimum Gasteiger partial charge on any atom is -0.549 e. The van der Waals surface area contributed by atoms with Gasteiger partial charge in [-0.1, -0.05) is 41.9 Å². The number of hydrogen-bond acceptors (Lipinski definition) is 5. The molecule has 4 rings (SSSR count). The Morgan fingerprint density at radius 3 is 2.51 bits per heavy atom. The maximum Gasteiger partial charge on any atom is 1.00 e. The van der Waals surface area contributed by atoms with Gasteiger partial charge in [0, 0.05) is 35.6 Å². The SMILES string of the molecule is O=C(NCCCCc1ccccc1)c1ccc(Oc2cc3c(cc2Cl)C(C(=O)[O-])CCO3)cc1.[Na+]. The van der Waals surface area contributed by atoms with Crippen LogP contribution < -0.4 is 49.5 Å². The van der Waals surface area contributed by atoms with Gasteiger partial charge in [-0.2, -0.15) is 0 Å². The minimum absolute atomic E-state index is 0. The van der Waals surface area contributed by atoms with E-state index in [4.69, 9.17) is 21.1 Å². The van der Waals surface area contributed by atoms with Crippen LogP contribution in [0.15, 0.2) is 66.7 Å². The predicted molar refractivity (Wildman–Crippen MR) is 128 cm³/mol. The van der Waals surface area contributed by atoms with Crippen molar-refractivity contribution >= 4 is 23.5 Å². The molecule has 6 nitrogen and oxygen atoms in total. The second-order valence-electron chi connectivity index (χ2n) is 8.15. The van der Waals surface area contributed by atoms with Crippen molar-refractivity contribution in [2.75, 3.05) is 13.2 Å². The number of ether oxygens (including phenoxy) is 2. The molecule has 1 aliphatic heterocycles. The molecule has 176 valence electrons. The molecule has 3 aromatic carbocycles. The van der Waals surface area contributed by atoms with E-state index in [9.17, 15) is 14.7 Å². The zero-order valence-corrected chi connectivity index (χ0v) is 22.3. The van der Waals surface area contributed by atoms with E-state index in [1.165, 1.54) is 5.56 Å². The summed E-state index contributed by atoms with van der Waals surface area (Å²) in [6.07, 6.45) is 3.24. The average molecular weight is 502 g/mol. The zero-order chi connectivity index (χ0) is 23.9. The first kappa shape index (κ1) is 27.1. The van der Waals surface area contributed by atoms with E-state index in [2.05, 4.69) is 17.4 Å². The summed E-state index contributed by atoms with van der Waals surface area (Å²) in [5.74, 6) is -0.794. The molecule has 35 heavy (non-hydrogen) atoms. The Balaban J connectivity index is 0.00000342. The monoisotopic (exact) mass is 501 g/mol. The van der Waals surface area contributed by atoms with Gasteiger partial charge in [0.25, 0.3) is 5.91 Å². The fourth-order valence-electron chi connectivity index (χ4n) is 3.92. The molecule has 0 radical (unpaired) electrons. The van der Waals surface area contributed by atoms with Crippen LogP contribution in [-0.2, 0) is 11.2 Å². The maximum atomic E-state index is 12.4. The normalized spacial score (nSPS) is 14.1. The Morgan fingerprint density at radius 1 is 1.06 bits per heavy atom. The summed E-state index contributed by atoms with van der Waals surface area (Å²) >= 11 is 6.33. The Morgan fingerprint density at radius 2 is 1.80 bits per heavy atom. The van der Waals surface area contributed by atoms with Crippen molar-refractivity contribution in [3.05, 3.63) is 88.4 Å². The number of hydrogen-bond donors (Lipinski definition) is 1. The van der Waals surface area contributed by atoms with Gasteiger partial charge in [-0.05, 0) is 61.6 Å². The van der Waals surface area contributed by atoms with Crippen LogP contribution >= 0.6 is 11.6 Å². The Hall–Kier alpha value is -2.51. The van der Waals surface area contributed by atoms with E-state index in [1.807, 2.05) is 18.2 Å². The van der Waals surface area contributed by atoms with E-state index in [1.54, 1.807) is 36.4 Å². The number of nitrogens with one attached hydrogen (secondary N) is 1. The van der Waals surface area contributed by atoms with Crippen molar-refractivity contribution in [3.63, 3.8) is 0 Å². The first-order valence-electron chi connectivity index (χ1n) is 11.3. The van der Waals surface area contributed by atoms with Crippen molar-refractivity contribution < 1.29 is 53.7 Å². The third-order valence-electron chi connectivity index (χ3n) is 5.75. The van der Waals surface area contributed by atoms with Crippen molar-refractivity contribution in [2.45, 2.75) is 31.6 Å². The van der Waals surface area contributed by atoms with Crippen molar-refractivity contribution in [1.29, 1.82) is 0 Å². The van der Waals surface area contributed by atoms with E-state index < -0.39 is 11.9 Å². The van der Waals surface area contributed by atoms with Crippen LogP contribution in [-0.4, -0.2) is 25.0 Å². The zero-order valence-electron chi connectivity index (χ0n) is 19.6. The topological polar surface area (TPSA) is 87.7 Å². The number of carbonyl (C=O) groups excluding carboxylic acids is 2. The largest absolute Gasteiger partial charge is 1.00 e. The van der Waals surface area contributed by atoms with E-state index >= 15 is 0 Å². The summed E-state index contributed by atoms with van der Waals surface area (Å²) in [6.45, 7) is 0.893. The molecule has 1 N–H and O–H groups in total. The van der Waals surface area contributed by atoms with Crippen LogP contribution in [0.2, 0.25) is 5.02 Å². The molecule has 1 aliphatic rings. The average Bonchev–Trinajstić information content (AvgIpc) is 2.85. The van der Waals surface area contributed by atoms with Gasteiger partial charge in [-0.15, -0.1) is 0 Å². The fraction of sp³-hybridized carbons (Fsp3) is 0.259. The molecule has 0 saturated heterocycles. The number of rotatable bonds is 9. The number of benzene rings is 3. The van der Waals surface area contributed by atoms with E-state index in [0.717, 1.165) is 19.3 Å². The predicted octanol–water partition coefficient (Wildman–Crippen LogP) is 1.51. The quantitative estimate of drug-likeness (QED) is 0.355. The second-order valence-corrected chi connectivity index (χ2v) is 8.56. The Bertz CT molecular complexity index is 1150. The number of unbranched alkanes of at least 4 members (excludes halogenated alkanes) is 1. The van der Waals surface area contributed by atoms with Crippen molar-refractivity contribution in [3.8, 4) is 17.2 Å².